The molecular formula is C32H43N3O. The lowest BCUT2D eigenvalue weighted by Gasteiger charge is -2.27. The minimum atomic E-state index is 0.0840. The standard InChI is InChI=1S/C32H43N3O/c1-9-20(2)28-16-27(31-19-35(8)32(36)23(5)22(31)4)14-21(3)30(28)18-34(7)17-25-10-11-26-12-13-33-24(6)29(26)15-25/h10-11,14-16,19-20,24,33H,9,12-13,17-18H2,1-8H3. The molecule has 2 heterocycles. The van der Waals surface area contributed by atoms with Crippen LogP contribution in [0.25, 0.3) is 11.1 Å². The molecule has 1 aliphatic heterocycles. The molecule has 0 fully saturated rings. The molecule has 4 nitrogen and oxygen atoms in total. The zero-order valence-electron chi connectivity index (χ0n) is 23.5. The van der Waals surface area contributed by atoms with E-state index in [9.17, 15) is 4.79 Å². The Hall–Kier alpha value is -2.69. The van der Waals surface area contributed by atoms with Gasteiger partial charge < -0.3 is 9.88 Å². The predicted molar refractivity (Wildman–Crippen MR) is 152 cm³/mol. The highest BCUT2D eigenvalue weighted by Gasteiger charge is 2.19. The molecule has 0 aliphatic carbocycles. The smallest absolute Gasteiger partial charge is 0.253 e. The monoisotopic (exact) mass is 485 g/mol. The van der Waals surface area contributed by atoms with E-state index in [-0.39, 0.29) is 5.56 Å². The number of aryl methyl sites for hydroxylation is 2. The Kier molecular flexibility index (Phi) is 7.87. The van der Waals surface area contributed by atoms with Gasteiger partial charge in [-0.1, -0.05) is 44.2 Å². The highest BCUT2D eigenvalue weighted by atomic mass is 16.1. The normalized spacial score (nSPS) is 16.3. The van der Waals surface area contributed by atoms with Crippen molar-refractivity contribution in [1.82, 2.24) is 14.8 Å². The minimum Gasteiger partial charge on any atom is -0.318 e. The van der Waals surface area contributed by atoms with E-state index < -0.39 is 0 Å². The predicted octanol–water partition coefficient (Wildman–Crippen LogP) is 6.33. The average Bonchev–Trinajstić information content (AvgIpc) is 2.86. The molecule has 36 heavy (non-hydrogen) atoms. The molecule has 0 saturated carbocycles. The van der Waals surface area contributed by atoms with Crippen LogP contribution in [0, 0.1) is 20.8 Å². The van der Waals surface area contributed by atoms with E-state index in [2.05, 4.69) is 82.2 Å². The second-order valence-corrected chi connectivity index (χ2v) is 11.0. The van der Waals surface area contributed by atoms with E-state index in [1.54, 1.807) is 4.57 Å². The SMILES string of the molecule is CCC(C)c1cc(-c2cn(C)c(=O)c(C)c2C)cc(C)c1CN(C)Cc1ccc2c(c1)C(C)NCC2. The minimum absolute atomic E-state index is 0.0840. The van der Waals surface area contributed by atoms with Crippen LogP contribution in [0.3, 0.4) is 0 Å². The van der Waals surface area contributed by atoms with Crippen molar-refractivity contribution in [2.45, 2.75) is 79.4 Å². The number of fused-ring (bicyclic) bond motifs is 1. The largest absolute Gasteiger partial charge is 0.318 e. The summed E-state index contributed by atoms with van der Waals surface area (Å²) >= 11 is 0. The highest BCUT2D eigenvalue weighted by Crippen LogP contribution is 2.34. The number of aromatic nitrogens is 1. The lowest BCUT2D eigenvalue weighted by Crippen LogP contribution is -2.28. The number of nitrogens with one attached hydrogen (secondary N) is 1. The summed E-state index contributed by atoms with van der Waals surface area (Å²) in [6.45, 7) is 16.0. The Morgan fingerprint density at radius 3 is 2.58 bits per heavy atom. The summed E-state index contributed by atoms with van der Waals surface area (Å²) in [5.41, 5.74) is 12.9. The molecule has 0 radical (unpaired) electrons. The van der Waals surface area contributed by atoms with Crippen LogP contribution in [-0.2, 0) is 26.6 Å². The number of rotatable bonds is 7. The molecule has 0 spiro atoms. The summed E-state index contributed by atoms with van der Waals surface area (Å²) in [5.74, 6) is 0.469. The molecule has 4 rings (SSSR count). The summed E-state index contributed by atoms with van der Waals surface area (Å²) in [7, 11) is 4.08. The highest BCUT2D eigenvalue weighted by molar-refractivity contribution is 5.70. The van der Waals surface area contributed by atoms with Crippen LogP contribution in [0.15, 0.2) is 41.3 Å². The van der Waals surface area contributed by atoms with Crippen molar-refractivity contribution in [2.24, 2.45) is 7.05 Å². The lowest BCUT2D eigenvalue weighted by atomic mass is 9.86. The molecule has 1 N–H and O–H groups in total. The van der Waals surface area contributed by atoms with Crippen molar-refractivity contribution in [3.8, 4) is 11.1 Å². The molecule has 2 unspecified atom stereocenters. The Morgan fingerprint density at radius 1 is 1.11 bits per heavy atom. The van der Waals surface area contributed by atoms with Crippen LogP contribution in [0.1, 0.15) is 83.7 Å². The lowest BCUT2D eigenvalue weighted by molar-refractivity contribution is 0.316. The molecule has 0 amide bonds. The van der Waals surface area contributed by atoms with E-state index in [1.165, 1.54) is 38.9 Å². The molecule has 1 aliphatic rings. The third-order valence-corrected chi connectivity index (χ3v) is 8.29. The summed E-state index contributed by atoms with van der Waals surface area (Å²) in [6, 6.07) is 12.2. The molecule has 0 saturated heterocycles. The topological polar surface area (TPSA) is 37.3 Å². The van der Waals surface area contributed by atoms with Gasteiger partial charge >= 0.3 is 0 Å². The number of benzene rings is 2. The first kappa shape index (κ1) is 26.4. The molecule has 2 atom stereocenters. The molecule has 3 aromatic rings. The van der Waals surface area contributed by atoms with Crippen molar-refractivity contribution >= 4 is 0 Å². The van der Waals surface area contributed by atoms with Gasteiger partial charge in [0.05, 0.1) is 0 Å². The van der Waals surface area contributed by atoms with Gasteiger partial charge in [0.15, 0.2) is 0 Å². The zero-order valence-corrected chi connectivity index (χ0v) is 23.5. The van der Waals surface area contributed by atoms with Crippen LogP contribution in [0.2, 0.25) is 0 Å². The van der Waals surface area contributed by atoms with Gasteiger partial charge in [-0.15, -0.1) is 0 Å². The maximum absolute atomic E-state index is 12.4. The number of hydrogen-bond acceptors (Lipinski definition) is 3. The Morgan fingerprint density at radius 2 is 1.86 bits per heavy atom. The van der Waals surface area contributed by atoms with Gasteiger partial charge in [0.25, 0.3) is 5.56 Å². The van der Waals surface area contributed by atoms with E-state index in [1.807, 2.05) is 20.2 Å². The zero-order chi connectivity index (χ0) is 26.1. The van der Waals surface area contributed by atoms with Crippen molar-refractivity contribution in [1.29, 1.82) is 0 Å². The molecule has 2 aromatic carbocycles. The maximum atomic E-state index is 12.4. The van der Waals surface area contributed by atoms with E-state index >= 15 is 0 Å². The quantitative estimate of drug-likeness (QED) is 0.425. The van der Waals surface area contributed by atoms with Crippen LogP contribution < -0.4 is 10.9 Å². The number of hydrogen-bond donors (Lipinski definition) is 1. The maximum Gasteiger partial charge on any atom is 0.253 e. The fourth-order valence-corrected chi connectivity index (χ4v) is 5.69. The van der Waals surface area contributed by atoms with Crippen LogP contribution >= 0.6 is 0 Å². The van der Waals surface area contributed by atoms with Gasteiger partial charge in [0, 0.05) is 43.5 Å². The summed E-state index contributed by atoms with van der Waals surface area (Å²) in [4.78, 5) is 14.9. The first-order chi connectivity index (χ1) is 17.1. The van der Waals surface area contributed by atoms with Crippen LogP contribution in [0.5, 0.6) is 0 Å². The van der Waals surface area contributed by atoms with E-state index in [0.29, 0.717) is 12.0 Å². The van der Waals surface area contributed by atoms with Crippen molar-refractivity contribution < 1.29 is 0 Å². The molecule has 192 valence electrons. The van der Waals surface area contributed by atoms with Crippen molar-refractivity contribution in [3.63, 3.8) is 0 Å². The third-order valence-electron chi connectivity index (χ3n) is 8.29. The first-order valence-electron chi connectivity index (χ1n) is 13.4. The van der Waals surface area contributed by atoms with Crippen molar-refractivity contribution in [3.05, 3.63) is 91.4 Å². The first-order valence-corrected chi connectivity index (χ1v) is 13.4. The summed E-state index contributed by atoms with van der Waals surface area (Å²) < 4.78 is 1.71. The van der Waals surface area contributed by atoms with E-state index in [0.717, 1.165) is 49.2 Å². The fourth-order valence-electron chi connectivity index (χ4n) is 5.69. The summed E-state index contributed by atoms with van der Waals surface area (Å²) in [5, 5.41) is 3.59. The van der Waals surface area contributed by atoms with Gasteiger partial charge in [0.1, 0.15) is 0 Å². The van der Waals surface area contributed by atoms with E-state index in [4.69, 9.17) is 0 Å². The third kappa shape index (κ3) is 5.21. The Balaban J connectivity index is 1.66. The number of pyridine rings is 1. The molecule has 1 aromatic heterocycles. The van der Waals surface area contributed by atoms with Crippen LogP contribution in [0.4, 0.5) is 0 Å². The Bertz CT molecular complexity index is 1320. The molecule has 4 heteroatoms. The van der Waals surface area contributed by atoms with Gasteiger partial charge in [-0.3, -0.25) is 9.69 Å². The fraction of sp³-hybridized carbons (Fsp3) is 0.469. The van der Waals surface area contributed by atoms with Gasteiger partial charge in [0.2, 0.25) is 0 Å². The van der Waals surface area contributed by atoms with Crippen molar-refractivity contribution in [2.75, 3.05) is 13.6 Å². The summed E-state index contributed by atoms with van der Waals surface area (Å²) in [6.07, 6.45) is 4.21. The second kappa shape index (κ2) is 10.7. The van der Waals surface area contributed by atoms with Gasteiger partial charge in [-0.05, 0) is 105 Å². The number of nitrogens with zero attached hydrogens (tertiary/aromatic N) is 2. The van der Waals surface area contributed by atoms with Gasteiger partial charge in [-0.2, -0.15) is 0 Å². The Labute approximate surface area is 217 Å². The molecule has 0 bridgehead atoms. The van der Waals surface area contributed by atoms with Gasteiger partial charge in [-0.25, -0.2) is 0 Å². The molecular weight excluding hydrogens is 442 g/mol. The second-order valence-electron chi connectivity index (χ2n) is 11.0. The average molecular weight is 486 g/mol. The van der Waals surface area contributed by atoms with Crippen LogP contribution in [-0.4, -0.2) is 23.1 Å².